The van der Waals surface area contributed by atoms with Crippen LogP contribution in [0.4, 0.5) is 0 Å². The second kappa shape index (κ2) is 5.78. The molecule has 0 aliphatic carbocycles. The Kier molecular flexibility index (Phi) is 4.27. The van der Waals surface area contributed by atoms with Crippen LogP contribution in [0.3, 0.4) is 0 Å². The zero-order chi connectivity index (χ0) is 14.9. The summed E-state index contributed by atoms with van der Waals surface area (Å²) in [5, 5.41) is 17.6. The minimum Gasteiger partial charge on any atom is -0.480 e. The van der Waals surface area contributed by atoms with Gasteiger partial charge in [0.05, 0.1) is 22.6 Å². The van der Waals surface area contributed by atoms with E-state index < -0.39 is 12.0 Å². The number of aryl methyl sites for hydroxylation is 1. The number of hydrogen-bond donors (Lipinski definition) is 2. The van der Waals surface area contributed by atoms with Crippen LogP contribution in [0.25, 0.3) is 5.69 Å². The van der Waals surface area contributed by atoms with Crippen molar-refractivity contribution < 1.29 is 9.90 Å². The van der Waals surface area contributed by atoms with Crippen molar-refractivity contribution in [2.45, 2.75) is 19.4 Å². The van der Waals surface area contributed by atoms with Crippen molar-refractivity contribution in [3.8, 4) is 5.69 Å². The number of carboxylic acid groups (broad SMARTS) is 1. The lowest BCUT2D eigenvalue weighted by atomic mass is 10.2. The normalized spacial score (nSPS) is 12.4. The standard InChI is InChI=1S/C12H12Cl2N4O2/c1-6-2-9(14)11(4-8(6)13)18-5-7(16-17-18)3-10(15)12(19)20/h2,4-5,10H,3,15H2,1H3,(H,19,20). The van der Waals surface area contributed by atoms with Crippen molar-refractivity contribution in [2.24, 2.45) is 5.73 Å². The maximum absolute atomic E-state index is 10.7. The van der Waals surface area contributed by atoms with Crippen LogP contribution in [0.5, 0.6) is 0 Å². The minimum atomic E-state index is -1.09. The summed E-state index contributed by atoms with van der Waals surface area (Å²) < 4.78 is 1.44. The van der Waals surface area contributed by atoms with E-state index in [1.807, 2.05) is 6.92 Å². The van der Waals surface area contributed by atoms with E-state index in [0.717, 1.165) is 5.56 Å². The van der Waals surface area contributed by atoms with E-state index in [4.69, 9.17) is 34.0 Å². The molecule has 0 aliphatic rings. The van der Waals surface area contributed by atoms with E-state index >= 15 is 0 Å². The van der Waals surface area contributed by atoms with Gasteiger partial charge in [0.25, 0.3) is 0 Å². The lowest BCUT2D eigenvalue weighted by Gasteiger charge is -2.06. The van der Waals surface area contributed by atoms with Gasteiger partial charge in [0.15, 0.2) is 0 Å². The number of carbonyl (C=O) groups is 1. The van der Waals surface area contributed by atoms with Crippen LogP contribution in [-0.2, 0) is 11.2 Å². The molecule has 1 unspecified atom stereocenters. The van der Waals surface area contributed by atoms with Crippen molar-refractivity contribution in [1.82, 2.24) is 15.0 Å². The van der Waals surface area contributed by atoms with Crippen LogP contribution in [0.2, 0.25) is 10.0 Å². The predicted octanol–water partition coefficient (Wildman–Crippen LogP) is 1.84. The molecule has 0 spiro atoms. The molecule has 2 rings (SSSR count). The van der Waals surface area contributed by atoms with Gasteiger partial charge in [-0.25, -0.2) is 4.68 Å². The number of hydrogen-bond acceptors (Lipinski definition) is 4. The molecule has 0 radical (unpaired) electrons. The molecule has 106 valence electrons. The smallest absolute Gasteiger partial charge is 0.320 e. The van der Waals surface area contributed by atoms with Gasteiger partial charge >= 0.3 is 5.97 Å². The van der Waals surface area contributed by atoms with Crippen LogP contribution >= 0.6 is 23.2 Å². The zero-order valence-corrected chi connectivity index (χ0v) is 12.1. The van der Waals surface area contributed by atoms with Crippen LogP contribution in [0.15, 0.2) is 18.3 Å². The molecule has 1 aromatic carbocycles. The fourth-order valence-electron chi connectivity index (χ4n) is 1.63. The largest absolute Gasteiger partial charge is 0.480 e. The fraction of sp³-hybridized carbons (Fsp3) is 0.250. The number of aromatic nitrogens is 3. The highest BCUT2D eigenvalue weighted by atomic mass is 35.5. The molecular formula is C12H12Cl2N4O2. The summed E-state index contributed by atoms with van der Waals surface area (Å²) in [6, 6.07) is 2.38. The molecule has 0 fully saturated rings. The average Bonchev–Trinajstić information content (AvgIpc) is 2.82. The Morgan fingerprint density at radius 2 is 2.15 bits per heavy atom. The lowest BCUT2D eigenvalue weighted by molar-refractivity contribution is -0.138. The zero-order valence-electron chi connectivity index (χ0n) is 10.5. The molecule has 3 N–H and O–H groups in total. The molecule has 1 heterocycles. The van der Waals surface area contributed by atoms with Crippen LogP contribution in [-0.4, -0.2) is 32.1 Å². The van der Waals surface area contributed by atoms with Crippen molar-refractivity contribution in [2.75, 3.05) is 0 Å². The molecule has 20 heavy (non-hydrogen) atoms. The molecule has 1 aromatic heterocycles. The summed E-state index contributed by atoms with van der Waals surface area (Å²) >= 11 is 12.2. The van der Waals surface area contributed by atoms with E-state index in [-0.39, 0.29) is 6.42 Å². The summed E-state index contributed by atoms with van der Waals surface area (Å²) in [5.74, 6) is -1.09. The maximum atomic E-state index is 10.7. The molecule has 2 aromatic rings. The van der Waals surface area contributed by atoms with E-state index in [1.165, 1.54) is 4.68 Å². The highest BCUT2D eigenvalue weighted by molar-refractivity contribution is 6.35. The number of halogens is 2. The van der Waals surface area contributed by atoms with E-state index in [9.17, 15) is 4.79 Å². The fourth-order valence-corrected chi connectivity index (χ4v) is 2.10. The van der Waals surface area contributed by atoms with Gasteiger partial charge in [-0.15, -0.1) is 5.10 Å². The monoisotopic (exact) mass is 314 g/mol. The average molecular weight is 315 g/mol. The van der Waals surface area contributed by atoms with E-state index in [2.05, 4.69) is 10.3 Å². The quantitative estimate of drug-likeness (QED) is 0.898. The van der Waals surface area contributed by atoms with E-state index in [0.29, 0.717) is 21.4 Å². The van der Waals surface area contributed by atoms with Crippen LogP contribution in [0, 0.1) is 6.92 Å². The number of benzene rings is 1. The second-order valence-corrected chi connectivity index (χ2v) is 5.17. The van der Waals surface area contributed by atoms with Crippen molar-refractivity contribution in [1.29, 1.82) is 0 Å². The summed E-state index contributed by atoms with van der Waals surface area (Å²) in [6.45, 7) is 1.84. The van der Waals surface area contributed by atoms with Gasteiger partial charge in [-0.2, -0.15) is 0 Å². The Morgan fingerprint density at radius 1 is 1.45 bits per heavy atom. The van der Waals surface area contributed by atoms with Gasteiger partial charge in [0, 0.05) is 11.4 Å². The van der Waals surface area contributed by atoms with Gasteiger partial charge in [0.2, 0.25) is 0 Å². The number of rotatable bonds is 4. The third-order valence-corrected chi connectivity index (χ3v) is 3.47. The van der Waals surface area contributed by atoms with Gasteiger partial charge in [-0.1, -0.05) is 28.4 Å². The number of nitrogens with two attached hydrogens (primary N) is 1. The first-order valence-electron chi connectivity index (χ1n) is 5.74. The lowest BCUT2D eigenvalue weighted by Crippen LogP contribution is -2.32. The van der Waals surface area contributed by atoms with Crippen LogP contribution < -0.4 is 5.73 Å². The third-order valence-electron chi connectivity index (χ3n) is 2.76. The van der Waals surface area contributed by atoms with Gasteiger partial charge in [-0.3, -0.25) is 4.79 Å². The Hall–Kier alpha value is -1.63. The predicted molar refractivity (Wildman–Crippen MR) is 75.4 cm³/mol. The first kappa shape index (κ1) is 14.8. The molecule has 6 nitrogen and oxygen atoms in total. The molecule has 0 saturated heterocycles. The maximum Gasteiger partial charge on any atom is 0.320 e. The molecule has 0 bridgehead atoms. The van der Waals surface area contributed by atoms with Gasteiger partial charge in [0.1, 0.15) is 6.04 Å². The number of carboxylic acids is 1. The molecule has 0 aliphatic heterocycles. The van der Waals surface area contributed by atoms with Crippen molar-refractivity contribution in [3.05, 3.63) is 39.6 Å². The van der Waals surface area contributed by atoms with Gasteiger partial charge < -0.3 is 10.8 Å². The summed E-state index contributed by atoms with van der Waals surface area (Å²) in [5.41, 5.74) is 7.34. The molecule has 8 heteroatoms. The summed E-state index contributed by atoms with van der Waals surface area (Å²) in [7, 11) is 0. The molecular weight excluding hydrogens is 303 g/mol. The van der Waals surface area contributed by atoms with Crippen LogP contribution in [0.1, 0.15) is 11.3 Å². The number of aliphatic carboxylic acids is 1. The minimum absolute atomic E-state index is 0.0898. The SMILES string of the molecule is Cc1cc(Cl)c(-n2cc(CC(N)C(=O)O)nn2)cc1Cl. The Balaban J connectivity index is 2.29. The first-order valence-corrected chi connectivity index (χ1v) is 6.49. The van der Waals surface area contributed by atoms with Crippen molar-refractivity contribution >= 4 is 29.2 Å². The summed E-state index contributed by atoms with van der Waals surface area (Å²) in [4.78, 5) is 10.7. The molecule has 0 amide bonds. The first-order chi connectivity index (χ1) is 9.38. The second-order valence-electron chi connectivity index (χ2n) is 4.36. The molecule has 0 saturated carbocycles. The van der Waals surface area contributed by atoms with Crippen molar-refractivity contribution in [3.63, 3.8) is 0 Å². The highest BCUT2D eigenvalue weighted by Crippen LogP contribution is 2.27. The third kappa shape index (κ3) is 3.09. The number of nitrogens with zero attached hydrogens (tertiary/aromatic N) is 3. The highest BCUT2D eigenvalue weighted by Gasteiger charge is 2.15. The summed E-state index contributed by atoms with van der Waals surface area (Å²) in [6.07, 6.45) is 1.67. The Labute approximate surface area is 125 Å². The Morgan fingerprint density at radius 3 is 2.80 bits per heavy atom. The van der Waals surface area contributed by atoms with Gasteiger partial charge in [-0.05, 0) is 24.6 Å². The topological polar surface area (TPSA) is 94.0 Å². The van der Waals surface area contributed by atoms with E-state index in [1.54, 1.807) is 18.3 Å². The molecule has 1 atom stereocenters. The Bertz CT molecular complexity index is 657.